The van der Waals surface area contributed by atoms with Crippen LogP contribution in [0.15, 0.2) is 48.7 Å². The third-order valence-corrected chi connectivity index (χ3v) is 3.30. The number of benzene rings is 2. The molecule has 4 N–H and O–H groups in total. The molecular weight excluding hydrogens is 238 g/mol. The fourth-order valence-electron chi connectivity index (χ4n) is 2.32. The van der Waals surface area contributed by atoms with Crippen LogP contribution in [0.4, 0.5) is 0 Å². The average Bonchev–Trinajstić information content (AvgIpc) is 2.99. The molecule has 0 aliphatic carbocycles. The van der Waals surface area contributed by atoms with E-state index in [4.69, 9.17) is 5.84 Å². The van der Waals surface area contributed by atoms with Crippen LogP contribution in [0.3, 0.4) is 0 Å². The van der Waals surface area contributed by atoms with Gasteiger partial charge in [0, 0.05) is 0 Å². The van der Waals surface area contributed by atoms with Gasteiger partial charge in [0.05, 0.1) is 12.2 Å². The van der Waals surface area contributed by atoms with Crippen LogP contribution in [0.25, 0.3) is 10.8 Å². The summed E-state index contributed by atoms with van der Waals surface area (Å²) >= 11 is 0. The van der Waals surface area contributed by atoms with Gasteiger partial charge in [-0.1, -0.05) is 42.5 Å². The van der Waals surface area contributed by atoms with Crippen molar-refractivity contribution in [2.75, 3.05) is 0 Å². The summed E-state index contributed by atoms with van der Waals surface area (Å²) in [6.45, 7) is 0. The molecule has 0 radical (unpaired) electrons. The second kappa shape index (κ2) is 5.17. The molecule has 1 aromatic heterocycles. The van der Waals surface area contributed by atoms with Crippen molar-refractivity contribution in [2.45, 2.75) is 12.5 Å². The maximum Gasteiger partial charge on any atom is 0.101 e. The molecular formula is C14H15N5. The van der Waals surface area contributed by atoms with E-state index in [9.17, 15) is 0 Å². The van der Waals surface area contributed by atoms with Gasteiger partial charge in [0.1, 0.15) is 5.69 Å². The molecule has 2 aromatic carbocycles. The van der Waals surface area contributed by atoms with Gasteiger partial charge in [-0.25, -0.2) is 0 Å². The van der Waals surface area contributed by atoms with E-state index in [-0.39, 0.29) is 6.04 Å². The monoisotopic (exact) mass is 253 g/mol. The molecule has 1 atom stereocenters. The Bertz CT molecular complexity index is 657. The van der Waals surface area contributed by atoms with Crippen LogP contribution in [0.5, 0.6) is 0 Å². The van der Waals surface area contributed by atoms with Crippen molar-refractivity contribution >= 4 is 10.8 Å². The minimum absolute atomic E-state index is 0.0513. The van der Waals surface area contributed by atoms with Crippen molar-refractivity contribution < 1.29 is 0 Å². The van der Waals surface area contributed by atoms with Crippen LogP contribution in [-0.4, -0.2) is 15.4 Å². The van der Waals surface area contributed by atoms with Gasteiger partial charge in [-0.05, 0) is 22.8 Å². The predicted molar refractivity (Wildman–Crippen MR) is 74.1 cm³/mol. The summed E-state index contributed by atoms with van der Waals surface area (Å²) in [6, 6.07) is 14.6. The summed E-state index contributed by atoms with van der Waals surface area (Å²) in [5.41, 5.74) is 4.85. The lowest BCUT2D eigenvalue weighted by molar-refractivity contribution is 0.538. The number of hydrogen-bond donors (Lipinski definition) is 3. The topological polar surface area (TPSA) is 79.6 Å². The minimum Gasteiger partial charge on any atom is -0.271 e. The van der Waals surface area contributed by atoms with E-state index in [1.807, 2.05) is 12.1 Å². The number of nitrogens with one attached hydrogen (secondary N) is 2. The van der Waals surface area contributed by atoms with Crippen LogP contribution in [0.2, 0.25) is 0 Å². The first-order chi connectivity index (χ1) is 9.38. The zero-order valence-corrected chi connectivity index (χ0v) is 10.4. The van der Waals surface area contributed by atoms with Crippen molar-refractivity contribution in [2.24, 2.45) is 5.84 Å². The number of nitrogens with two attached hydrogens (primary N) is 1. The number of fused-ring (bicyclic) bond motifs is 1. The lowest BCUT2D eigenvalue weighted by Gasteiger charge is -2.14. The second-order valence-corrected chi connectivity index (χ2v) is 4.46. The summed E-state index contributed by atoms with van der Waals surface area (Å²) in [6.07, 6.45) is 2.46. The Labute approximate surface area is 110 Å². The second-order valence-electron chi connectivity index (χ2n) is 4.46. The molecule has 5 nitrogen and oxygen atoms in total. The highest BCUT2D eigenvalue weighted by molar-refractivity contribution is 5.85. The molecule has 3 aromatic rings. The smallest absolute Gasteiger partial charge is 0.101 e. The van der Waals surface area contributed by atoms with Crippen LogP contribution < -0.4 is 11.3 Å². The van der Waals surface area contributed by atoms with Gasteiger partial charge >= 0.3 is 0 Å². The zero-order valence-electron chi connectivity index (χ0n) is 10.4. The summed E-state index contributed by atoms with van der Waals surface area (Å²) in [5, 5.41) is 13.0. The fourth-order valence-corrected chi connectivity index (χ4v) is 2.32. The number of aromatic nitrogens is 3. The SMILES string of the molecule is NNC(Cc1cccc2ccccc12)c1cn[nH]n1. The number of nitrogens with zero attached hydrogens (tertiary/aromatic N) is 2. The van der Waals surface area contributed by atoms with Crippen molar-refractivity contribution in [1.29, 1.82) is 0 Å². The molecule has 0 fully saturated rings. The Kier molecular flexibility index (Phi) is 3.22. The number of aromatic amines is 1. The highest BCUT2D eigenvalue weighted by Crippen LogP contribution is 2.23. The first-order valence-corrected chi connectivity index (χ1v) is 6.17. The van der Waals surface area contributed by atoms with Gasteiger partial charge in [-0.2, -0.15) is 15.4 Å². The molecule has 0 spiro atoms. The molecule has 3 rings (SSSR count). The molecule has 96 valence electrons. The molecule has 1 heterocycles. The molecule has 1 unspecified atom stereocenters. The summed E-state index contributed by atoms with van der Waals surface area (Å²) in [5.74, 6) is 5.62. The molecule has 0 aliphatic heterocycles. The lowest BCUT2D eigenvalue weighted by atomic mass is 9.98. The standard InChI is InChI=1S/C14H15N5/c15-17-13(14-9-16-19-18-14)8-11-6-3-5-10-4-1-2-7-12(10)11/h1-7,9,13,17H,8,15H2,(H,16,18,19). The quantitative estimate of drug-likeness (QED) is 0.488. The number of rotatable bonds is 4. The van der Waals surface area contributed by atoms with Gasteiger partial charge in [0.2, 0.25) is 0 Å². The Balaban J connectivity index is 1.96. The Morgan fingerprint density at radius 2 is 2.00 bits per heavy atom. The average molecular weight is 253 g/mol. The molecule has 0 aliphatic rings. The third kappa shape index (κ3) is 2.33. The first kappa shape index (κ1) is 11.8. The molecule has 5 heteroatoms. The highest BCUT2D eigenvalue weighted by Gasteiger charge is 2.14. The largest absolute Gasteiger partial charge is 0.271 e. The van der Waals surface area contributed by atoms with Crippen LogP contribution in [0, 0.1) is 0 Å². The van der Waals surface area contributed by atoms with Crippen LogP contribution in [0.1, 0.15) is 17.3 Å². The van der Waals surface area contributed by atoms with Gasteiger partial charge in [0.15, 0.2) is 0 Å². The van der Waals surface area contributed by atoms with E-state index >= 15 is 0 Å². The molecule has 0 bridgehead atoms. The van der Waals surface area contributed by atoms with E-state index in [1.165, 1.54) is 16.3 Å². The fraction of sp³-hybridized carbons (Fsp3) is 0.143. The summed E-state index contributed by atoms with van der Waals surface area (Å²) < 4.78 is 0. The molecule has 0 saturated carbocycles. The van der Waals surface area contributed by atoms with Crippen molar-refractivity contribution in [3.8, 4) is 0 Å². The van der Waals surface area contributed by atoms with Crippen LogP contribution in [-0.2, 0) is 6.42 Å². The first-order valence-electron chi connectivity index (χ1n) is 6.17. The van der Waals surface area contributed by atoms with E-state index in [0.29, 0.717) is 0 Å². The Morgan fingerprint density at radius 1 is 1.16 bits per heavy atom. The number of hydrogen-bond acceptors (Lipinski definition) is 4. The van der Waals surface area contributed by atoms with Crippen molar-refractivity contribution in [3.63, 3.8) is 0 Å². The number of H-pyrrole nitrogens is 1. The third-order valence-electron chi connectivity index (χ3n) is 3.30. The lowest BCUT2D eigenvalue weighted by Crippen LogP contribution is -2.29. The maximum absolute atomic E-state index is 5.62. The van der Waals surface area contributed by atoms with E-state index in [1.54, 1.807) is 6.20 Å². The summed E-state index contributed by atoms with van der Waals surface area (Å²) in [7, 11) is 0. The van der Waals surface area contributed by atoms with Gasteiger partial charge in [-0.3, -0.25) is 11.3 Å². The Morgan fingerprint density at radius 3 is 2.79 bits per heavy atom. The van der Waals surface area contributed by atoms with Crippen molar-refractivity contribution in [1.82, 2.24) is 20.8 Å². The molecule has 0 amide bonds. The van der Waals surface area contributed by atoms with E-state index < -0.39 is 0 Å². The zero-order chi connectivity index (χ0) is 13.1. The highest BCUT2D eigenvalue weighted by atomic mass is 15.3. The van der Waals surface area contributed by atoms with E-state index in [0.717, 1.165) is 12.1 Å². The summed E-state index contributed by atoms with van der Waals surface area (Å²) in [4.78, 5) is 0. The minimum atomic E-state index is -0.0513. The van der Waals surface area contributed by atoms with Gasteiger partial charge in [0.25, 0.3) is 0 Å². The van der Waals surface area contributed by atoms with Crippen molar-refractivity contribution in [3.05, 3.63) is 59.9 Å². The maximum atomic E-state index is 5.62. The predicted octanol–water partition coefficient (Wildman–Crippen LogP) is 1.70. The molecule has 19 heavy (non-hydrogen) atoms. The Hall–Kier alpha value is -2.24. The normalized spacial score (nSPS) is 12.7. The number of hydrazine groups is 1. The van der Waals surface area contributed by atoms with Gasteiger partial charge in [-0.15, -0.1) is 0 Å². The molecule has 0 saturated heterocycles. The van der Waals surface area contributed by atoms with Crippen LogP contribution >= 0.6 is 0 Å². The van der Waals surface area contributed by atoms with E-state index in [2.05, 4.69) is 51.2 Å². The van der Waals surface area contributed by atoms with Gasteiger partial charge < -0.3 is 0 Å².